The van der Waals surface area contributed by atoms with Crippen molar-refractivity contribution in [2.75, 3.05) is 31.3 Å². The largest absolute Gasteiger partial charge is 0.394 e. The number of nitrogen functional groups attached to an aromatic ring is 2. The van der Waals surface area contributed by atoms with Crippen LogP contribution in [0, 0.1) is 0 Å². The Labute approximate surface area is 266 Å². The standard InChI is InChI=1S/C20H24FN11O8P2S3/c21-7-6(1-33)38-18(32-15-9(29-30-32)16(34)28-19(23)27-15)11(7)42(44,45)37-3-20-2-36-10(12(20)40-41(35)43)17(39-20)31-5-26-8-13(22)24-4-25-14(8)31/h4-7,10-12,17-18,33,41H,1-3H2,(H,35,43)(H,44,45)(H2,22,24,25)(H3,23,27,28,34)/t6?,7-,10+,11+,12-,17+,18+,20+/m0/s1. The van der Waals surface area contributed by atoms with Gasteiger partial charge in [-0.1, -0.05) is 29.3 Å². The van der Waals surface area contributed by atoms with Gasteiger partial charge in [-0.3, -0.25) is 18.9 Å². The van der Waals surface area contributed by atoms with Crippen LogP contribution in [0.1, 0.15) is 12.5 Å². The van der Waals surface area contributed by atoms with Crippen molar-refractivity contribution in [1.29, 1.82) is 0 Å². The van der Waals surface area contributed by atoms with Crippen molar-refractivity contribution < 1.29 is 37.3 Å². The Bertz CT molecular complexity index is 1940. The van der Waals surface area contributed by atoms with E-state index in [9.17, 15) is 14.5 Å². The zero-order valence-electron chi connectivity index (χ0n) is 22.5. The van der Waals surface area contributed by atoms with Crippen molar-refractivity contribution in [3.8, 4) is 0 Å². The second kappa shape index (κ2) is 11.4. The fraction of sp³-hybridized carbons (Fsp3) is 0.550. The Balaban J connectivity index is 1.20. The van der Waals surface area contributed by atoms with Crippen molar-refractivity contribution in [2.24, 2.45) is 0 Å². The third kappa shape index (κ3) is 5.08. The second-order valence-electron chi connectivity index (χ2n) is 10.4. The second-order valence-corrected chi connectivity index (χ2v) is 18.5. The van der Waals surface area contributed by atoms with Crippen LogP contribution in [0.4, 0.5) is 16.2 Å². The number of ether oxygens (including phenoxy) is 3. The molecular formula is C20H24FN11O8P2S3. The predicted molar refractivity (Wildman–Crippen MR) is 164 cm³/mol. The lowest BCUT2D eigenvalue weighted by molar-refractivity contribution is -0.181. The van der Waals surface area contributed by atoms with E-state index in [0.717, 1.165) is 4.68 Å². The van der Waals surface area contributed by atoms with E-state index in [1.54, 1.807) is 4.57 Å². The van der Waals surface area contributed by atoms with Crippen LogP contribution in [0.3, 0.4) is 0 Å². The molecule has 0 aliphatic carbocycles. The van der Waals surface area contributed by atoms with E-state index in [4.69, 9.17) is 46.5 Å². The van der Waals surface area contributed by atoms with Gasteiger partial charge in [-0.15, -0.1) is 17.3 Å². The monoisotopic (exact) mass is 723 g/mol. The number of aromatic amines is 1. The van der Waals surface area contributed by atoms with Gasteiger partial charge in [0.2, 0.25) is 13.2 Å². The molecule has 2 bridgehead atoms. The van der Waals surface area contributed by atoms with E-state index in [1.807, 2.05) is 0 Å². The maximum Gasteiger partial charge on any atom is 0.282 e. The number of thiol groups is 2. The summed E-state index contributed by atoms with van der Waals surface area (Å²) < 4.78 is 60.9. The molecule has 10 atom stereocenters. The molecule has 0 spiro atoms. The van der Waals surface area contributed by atoms with Gasteiger partial charge in [0.05, 0.1) is 26.1 Å². The van der Waals surface area contributed by atoms with E-state index in [2.05, 4.69) is 59.7 Å². The molecule has 3 unspecified atom stereocenters. The van der Waals surface area contributed by atoms with Crippen LogP contribution in [0.15, 0.2) is 17.4 Å². The first-order valence-corrected chi connectivity index (χ1v) is 19.6. The van der Waals surface area contributed by atoms with Gasteiger partial charge in [0.15, 0.2) is 35.1 Å². The molecule has 4 aromatic rings. The van der Waals surface area contributed by atoms with Gasteiger partial charge in [0, 0.05) is 0 Å². The number of H-pyrrole nitrogens is 1. The highest BCUT2D eigenvalue weighted by Gasteiger charge is 2.65. The molecule has 0 amide bonds. The van der Waals surface area contributed by atoms with E-state index >= 15 is 4.39 Å². The van der Waals surface area contributed by atoms with Gasteiger partial charge < -0.3 is 39.8 Å². The number of anilines is 2. The van der Waals surface area contributed by atoms with Crippen LogP contribution in [-0.2, 0) is 39.6 Å². The van der Waals surface area contributed by atoms with Crippen molar-refractivity contribution in [3.05, 3.63) is 23.0 Å². The Kier molecular flexibility index (Phi) is 7.96. The first kappa shape index (κ1) is 31.3. The molecule has 6 N–H and O–H groups in total. The summed E-state index contributed by atoms with van der Waals surface area (Å²) in [6.45, 7) is -1.12. The maximum atomic E-state index is 15.9. The summed E-state index contributed by atoms with van der Waals surface area (Å²) in [5, 5.41) is 17.6. The quantitative estimate of drug-likeness (QED) is 0.0961. The van der Waals surface area contributed by atoms with Crippen LogP contribution in [-0.4, -0.2) is 105 Å². The lowest BCUT2D eigenvalue weighted by atomic mass is 10.0. The minimum atomic E-state index is -3.57. The number of aromatic nitrogens is 9. The van der Waals surface area contributed by atoms with Crippen LogP contribution >= 0.6 is 37.2 Å². The van der Waals surface area contributed by atoms with E-state index in [1.165, 1.54) is 12.7 Å². The summed E-state index contributed by atoms with van der Waals surface area (Å²) in [5.74, 6) is -0.0809. The molecule has 7 heterocycles. The number of nitrogens with two attached hydrogens (primary N) is 2. The van der Waals surface area contributed by atoms with E-state index in [0.29, 0.717) is 11.2 Å². The zero-order chi connectivity index (χ0) is 31.8. The molecule has 25 heteroatoms. The summed E-state index contributed by atoms with van der Waals surface area (Å²) >= 11 is 14.4. The normalized spacial score (nSPS) is 33.3. The molecule has 0 aromatic carbocycles. The highest BCUT2D eigenvalue weighted by Crippen LogP contribution is 2.65. The third-order valence-corrected chi connectivity index (χ3v) is 12.6. The van der Waals surface area contributed by atoms with Crippen LogP contribution in [0.5, 0.6) is 0 Å². The van der Waals surface area contributed by atoms with Crippen molar-refractivity contribution in [1.82, 2.24) is 44.5 Å². The average molecular weight is 724 g/mol. The first-order chi connectivity index (χ1) is 21.4. The first-order valence-electron chi connectivity index (χ1n) is 13.0. The summed E-state index contributed by atoms with van der Waals surface area (Å²) in [5.41, 5.74) is 5.08. The highest BCUT2D eigenvalue weighted by molar-refractivity contribution is 8.62. The van der Waals surface area contributed by atoms with Gasteiger partial charge in [-0.25, -0.2) is 19.3 Å². The molecule has 3 aliphatic rings. The topological polar surface area (TPSA) is 256 Å². The van der Waals surface area contributed by atoms with Crippen LogP contribution in [0.2, 0.25) is 0 Å². The Hall–Kier alpha value is -2.30. The number of aliphatic hydroxyl groups excluding tert-OH is 1. The smallest absolute Gasteiger partial charge is 0.282 e. The van der Waals surface area contributed by atoms with Gasteiger partial charge in [0.25, 0.3) is 5.56 Å². The zero-order valence-corrected chi connectivity index (χ0v) is 27.0. The average Bonchev–Trinajstić information content (AvgIpc) is 3.79. The van der Waals surface area contributed by atoms with E-state index in [-0.39, 0.29) is 36.1 Å². The molecule has 0 radical (unpaired) electrons. The molecule has 0 saturated carbocycles. The van der Waals surface area contributed by atoms with Crippen LogP contribution < -0.4 is 17.0 Å². The molecule has 19 nitrogen and oxygen atoms in total. The Morgan fingerprint density at radius 1 is 1.29 bits per heavy atom. The molecule has 4 aromatic heterocycles. The van der Waals surface area contributed by atoms with Gasteiger partial charge in [-0.2, -0.15) is 9.67 Å². The number of alkyl halides is 1. The maximum absolute atomic E-state index is 15.9. The Morgan fingerprint density at radius 2 is 2.09 bits per heavy atom. The molecular weight excluding hydrogens is 699 g/mol. The summed E-state index contributed by atoms with van der Waals surface area (Å²) in [4.78, 5) is 31.2. The van der Waals surface area contributed by atoms with Gasteiger partial charge in [0.1, 0.15) is 53.1 Å². The number of aliphatic hydroxyl groups is 1. The van der Waals surface area contributed by atoms with Crippen molar-refractivity contribution in [2.45, 2.75) is 48.2 Å². The molecule has 45 heavy (non-hydrogen) atoms. The molecule has 3 aliphatic heterocycles. The minimum absolute atomic E-state index is 0.0722. The minimum Gasteiger partial charge on any atom is -0.394 e. The SMILES string of the molecule is Nc1nc2c(nnn2[C@@H]2OC(CO)[C@H](F)[C@H]2P(=S)(S)OC[C@@]23CO[C@@H]([C@H](n4cnc5c(N)ncnc54)O2)[C@@H]3O[PH](=O)S)c(=O)[nH]1. The van der Waals surface area contributed by atoms with Gasteiger partial charge in [-0.05, 0) is 0 Å². The Morgan fingerprint density at radius 3 is 2.84 bits per heavy atom. The number of fused-ring (bicyclic) bond motifs is 4. The van der Waals surface area contributed by atoms with Crippen molar-refractivity contribution >= 4 is 83.1 Å². The summed E-state index contributed by atoms with van der Waals surface area (Å²) in [6, 6.07) is 0. The van der Waals surface area contributed by atoms with E-state index < -0.39 is 73.1 Å². The number of hydrogen-bond acceptors (Lipinski definition) is 17. The number of imidazole rings is 1. The fourth-order valence-corrected chi connectivity index (χ4v) is 10.0. The third-order valence-electron chi connectivity index (χ3n) is 7.79. The lowest BCUT2D eigenvalue weighted by Crippen LogP contribution is -2.45. The molecule has 7 rings (SSSR count). The summed E-state index contributed by atoms with van der Waals surface area (Å²) in [6.07, 6.45) is -4.51. The number of nitrogens with one attached hydrogen (secondary N) is 1. The number of rotatable bonds is 9. The highest BCUT2D eigenvalue weighted by atomic mass is 32.9. The van der Waals surface area contributed by atoms with Crippen molar-refractivity contribution in [3.63, 3.8) is 0 Å². The summed E-state index contributed by atoms with van der Waals surface area (Å²) in [7, 11) is -2.82. The number of hydrogen-bond donors (Lipinski definition) is 6. The number of nitrogens with zero attached hydrogens (tertiary/aromatic N) is 8. The van der Waals surface area contributed by atoms with Gasteiger partial charge >= 0.3 is 0 Å². The predicted octanol–water partition coefficient (Wildman–Crippen LogP) is -0.258. The fourth-order valence-electron chi connectivity index (χ4n) is 5.77. The van der Waals surface area contributed by atoms with Crippen LogP contribution in [0.25, 0.3) is 22.3 Å². The molecule has 3 saturated heterocycles. The number of halogens is 1. The molecule has 3 fully saturated rings. The lowest BCUT2D eigenvalue weighted by Gasteiger charge is -2.34. The molecule has 242 valence electrons.